The Labute approximate surface area is 187 Å². The van der Waals surface area contributed by atoms with Crippen LogP contribution in [-0.4, -0.2) is 34.9 Å². The van der Waals surface area contributed by atoms with Crippen LogP contribution in [0, 0.1) is 0 Å². The standard InChI is InChI=1S/C26H53NO3/c1-3-5-7-9-10-11-12-13-14-15-16-18-19-21-25(29)24(23-28)27-26(30)22-20-17-8-6-4-2/h24-25,28-29H,3-23H2,1-2H3,(H,27,30). The highest BCUT2D eigenvalue weighted by Gasteiger charge is 2.19. The molecule has 1 amide bonds. The van der Waals surface area contributed by atoms with Crippen LogP contribution in [0.3, 0.4) is 0 Å². The Morgan fingerprint density at radius 2 is 1.07 bits per heavy atom. The number of aliphatic hydroxyl groups is 2. The van der Waals surface area contributed by atoms with Crippen molar-refractivity contribution in [2.45, 2.75) is 154 Å². The molecule has 0 fully saturated rings. The minimum absolute atomic E-state index is 0.0463. The lowest BCUT2D eigenvalue weighted by Crippen LogP contribution is -2.45. The van der Waals surface area contributed by atoms with Gasteiger partial charge in [0.2, 0.25) is 5.91 Å². The molecule has 0 aromatic heterocycles. The molecule has 0 aliphatic rings. The average Bonchev–Trinajstić information content (AvgIpc) is 2.75. The van der Waals surface area contributed by atoms with Crippen molar-refractivity contribution in [1.82, 2.24) is 5.32 Å². The fraction of sp³-hybridized carbons (Fsp3) is 0.962. The van der Waals surface area contributed by atoms with Crippen molar-refractivity contribution in [2.24, 2.45) is 0 Å². The van der Waals surface area contributed by atoms with Crippen molar-refractivity contribution in [1.29, 1.82) is 0 Å². The Balaban J connectivity index is 3.57. The van der Waals surface area contributed by atoms with Crippen LogP contribution in [-0.2, 0) is 4.79 Å². The molecule has 0 aliphatic heterocycles. The number of hydrogen-bond donors (Lipinski definition) is 3. The maximum absolute atomic E-state index is 12.0. The van der Waals surface area contributed by atoms with E-state index in [-0.39, 0.29) is 12.5 Å². The van der Waals surface area contributed by atoms with Gasteiger partial charge in [0, 0.05) is 6.42 Å². The quantitative estimate of drug-likeness (QED) is 0.160. The molecule has 2 atom stereocenters. The number of amides is 1. The molecule has 4 nitrogen and oxygen atoms in total. The van der Waals surface area contributed by atoms with Crippen LogP contribution in [0.25, 0.3) is 0 Å². The molecule has 30 heavy (non-hydrogen) atoms. The molecule has 180 valence electrons. The molecule has 2 unspecified atom stereocenters. The average molecular weight is 428 g/mol. The zero-order valence-corrected chi connectivity index (χ0v) is 20.3. The molecule has 4 heteroatoms. The maximum Gasteiger partial charge on any atom is 0.220 e. The third-order valence-corrected chi connectivity index (χ3v) is 6.12. The zero-order valence-electron chi connectivity index (χ0n) is 20.3. The molecule has 0 aliphatic carbocycles. The van der Waals surface area contributed by atoms with Gasteiger partial charge >= 0.3 is 0 Å². The second kappa shape index (κ2) is 23.1. The molecule has 0 radical (unpaired) electrons. The summed E-state index contributed by atoms with van der Waals surface area (Å²) in [7, 11) is 0. The van der Waals surface area contributed by atoms with Gasteiger partial charge in [-0.3, -0.25) is 4.79 Å². The Morgan fingerprint density at radius 3 is 1.50 bits per heavy atom. The van der Waals surface area contributed by atoms with E-state index in [0.29, 0.717) is 12.8 Å². The van der Waals surface area contributed by atoms with Gasteiger partial charge in [0.1, 0.15) is 0 Å². The summed E-state index contributed by atoms with van der Waals surface area (Å²) < 4.78 is 0. The highest BCUT2D eigenvalue weighted by molar-refractivity contribution is 5.76. The summed E-state index contributed by atoms with van der Waals surface area (Å²) in [6, 6.07) is -0.523. The minimum atomic E-state index is -0.647. The Morgan fingerprint density at radius 1 is 0.667 bits per heavy atom. The van der Waals surface area contributed by atoms with Crippen LogP contribution in [0.1, 0.15) is 142 Å². The first-order valence-corrected chi connectivity index (χ1v) is 13.2. The molecular weight excluding hydrogens is 374 g/mol. The topological polar surface area (TPSA) is 69.6 Å². The van der Waals surface area contributed by atoms with Crippen LogP contribution in [0.15, 0.2) is 0 Å². The van der Waals surface area contributed by atoms with Crippen LogP contribution in [0.4, 0.5) is 0 Å². The number of rotatable bonds is 23. The monoisotopic (exact) mass is 427 g/mol. The van der Waals surface area contributed by atoms with Gasteiger partial charge < -0.3 is 15.5 Å². The molecule has 0 spiro atoms. The van der Waals surface area contributed by atoms with E-state index in [9.17, 15) is 15.0 Å². The lowest BCUT2D eigenvalue weighted by Gasteiger charge is -2.22. The molecule has 0 aromatic rings. The van der Waals surface area contributed by atoms with Gasteiger partial charge in [-0.15, -0.1) is 0 Å². The number of nitrogens with one attached hydrogen (secondary N) is 1. The number of unbranched alkanes of at least 4 members (excludes halogenated alkanes) is 16. The molecule has 0 saturated carbocycles. The van der Waals surface area contributed by atoms with E-state index in [2.05, 4.69) is 19.2 Å². The molecular formula is C26H53NO3. The predicted octanol–water partition coefficient (Wildman–Crippen LogP) is 6.67. The van der Waals surface area contributed by atoms with Gasteiger partial charge in [-0.1, -0.05) is 123 Å². The zero-order chi connectivity index (χ0) is 22.3. The highest BCUT2D eigenvalue weighted by atomic mass is 16.3. The van der Waals surface area contributed by atoms with E-state index in [1.807, 2.05) is 0 Å². The number of carbonyl (C=O) groups excluding carboxylic acids is 1. The van der Waals surface area contributed by atoms with Crippen LogP contribution < -0.4 is 5.32 Å². The number of aliphatic hydroxyl groups excluding tert-OH is 2. The first kappa shape index (κ1) is 29.4. The molecule has 0 heterocycles. The number of hydrogen-bond acceptors (Lipinski definition) is 3. The van der Waals surface area contributed by atoms with E-state index < -0.39 is 12.1 Å². The summed E-state index contributed by atoms with van der Waals surface area (Å²) in [5.74, 6) is -0.0463. The van der Waals surface area contributed by atoms with E-state index >= 15 is 0 Å². The van der Waals surface area contributed by atoms with Crippen molar-refractivity contribution in [3.05, 3.63) is 0 Å². The summed E-state index contributed by atoms with van der Waals surface area (Å²) in [6.07, 6.45) is 23.0. The van der Waals surface area contributed by atoms with Gasteiger partial charge in [0.25, 0.3) is 0 Å². The molecule has 3 N–H and O–H groups in total. The lowest BCUT2D eigenvalue weighted by atomic mass is 10.0. The van der Waals surface area contributed by atoms with Crippen molar-refractivity contribution in [3.8, 4) is 0 Å². The third kappa shape index (κ3) is 19.4. The van der Waals surface area contributed by atoms with Gasteiger partial charge in [0.05, 0.1) is 18.8 Å². The van der Waals surface area contributed by atoms with Gasteiger partial charge in [-0.05, 0) is 12.8 Å². The molecule has 0 saturated heterocycles. The van der Waals surface area contributed by atoms with Crippen LogP contribution in [0.5, 0.6) is 0 Å². The molecule has 0 aromatic carbocycles. The fourth-order valence-corrected chi connectivity index (χ4v) is 4.00. The van der Waals surface area contributed by atoms with Gasteiger partial charge in [-0.25, -0.2) is 0 Å². The van der Waals surface area contributed by atoms with Crippen molar-refractivity contribution < 1.29 is 15.0 Å². The molecule has 0 rings (SSSR count). The third-order valence-electron chi connectivity index (χ3n) is 6.12. The van der Waals surface area contributed by atoms with Crippen molar-refractivity contribution in [3.63, 3.8) is 0 Å². The fourth-order valence-electron chi connectivity index (χ4n) is 4.00. The lowest BCUT2D eigenvalue weighted by molar-refractivity contribution is -0.123. The van der Waals surface area contributed by atoms with Crippen molar-refractivity contribution >= 4 is 5.91 Å². The van der Waals surface area contributed by atoms with E-state index in [1.165, 1.54) is 89.9 Å². The first-order valence-electron chi connectivity index (χ1n) is 13.2. The van der Waals surface area contributed by atoms with Crippen LogP contribution >= 0.6 is 0 Å². The summed E-state index contributed by atoms with van der Waals surface area (Å²) in [6.45, 7) is 4.25. The van der Waals surface area contributed by atoms with Crippen molar-refractivity contribution in [2.75, 3.05) is 6.61 Å². The first-order chi connectivity index (χ1) is 14.7. The maximum atomic E-state index is 12.0. The normalized spacial score (nSPS) is 13.3. The van der Waals surface area contributed by atoms with E-state index in [0.717, 1.165) is 25.7 Å². The summed E-state index contributed by atoms with van der Waals surface area (Å²) in [5.41, 5.74) is 0. The van der Waals surface area contributed by atoms with E-state index in [4.69, 9.17) is 0 Å². The Hall–Kier alpha value is -0.610. The SMILES string of the molecule is CCCCCCCCCCCCCCCC(O)C(CO)NC(=O)CCCCCCC. The highest BCUT2D eigenvalue weighted by Crippen LogP contribution is 2.14. The second-order valence-corrected chi connectivity index (χ2v) is 9.12. The summed E-state index contributed by atoms with van der Waals surface area (Å²) >= 11 is 0. The summed E-state index contributed by atoms with van der Waals surface area (Å²) in [5, 5.41) is 22.6. The van der Waals surface area contributed by atoms with Gasteiger partial charge in [-0.2, -0.15) is 0 Å². The molecule has 0 bridgehead atoms. The Bertz CT molecular complexity index is 362. The van der Waals surface area contributed by atoms with Gasteiger partial charge in [0.15, 0.2) is 0 Å². The minimum Gasteiger partial charge on any atom is -0.394 e. The summed E-state index contributed by atoms with van der Waals surface area (Å²) in [4.78, 5) is 12.0. The van der Waals surface area contributed by atoms with Crippen LogP contribution in [0.2, 0.25) is 0 Å². The smallest absolute Gasteiger partial charge is 0.220 e. The Kier molecular flexibility index (Phi) is 22.6. The largest absolute Gasteiger partial charge is 0.394 e. The predicted molar refractivity (Wildman–Crippen MR) is 129 cm³/mol. The second-order valence-electron chi connectivity index (χ2n) is 9.12. The number of carbonyl (C=O) groups is 1. The van der Waals surface area contributed by atoms with E-state index in [1.54, 1.807) is 0 Å².